The Kier molecular flexibility index (Phi) is 6.79. The Morgan fingerprint density at radius 2 is 1.84 bits per heavy atom. The first-order chi connectivity index (χ1) is 12.1. The summed E-state index contributed by atoms with van der Waals surface area (Å²) in [5.41, 5.74) is 0. The van der Waals surface area contributed by atoms with Gasteiger partial charge in [0.2, 0.25) is 0 Å². The van der Waals surface area contributed by atoms with Crippen LogP contribution in [0.2, 0.25) is 0 Å². The molecule has 3 fully saturated rings. The van der Waals surface area contributed by atoms with E-state index in [4.69, 9.17) is 14.2 Å². The zero-order chi connectivity index (χ0) is 17.7. The molecule has 3 aliphatic rings. The normalized spacial score (nSPS) is 34.1. The van der Waals surface area contributed by atoms with Crippen LogP contribution in [0.3, 0.4) is 0 Å². The van der Waals surface area contributed by atoms with Crippen LogP contribution in [0, 0.1) is 17.8 Å². The first kappa shape index (κ1) is 19.2. The van der Waals surface area contributed by atoms with E-state index >= 15 is 0 Å². The molecule has 0 aromatic rings. The van der Waals surface area contributed by atoms with Gasteiger partial charge in [-0.1, -0.05) is 39.5 Å². The molecule has 144 valence electrons. The van der Waals surface area contributed by atoms with Crippen LogP contribution in [0.4, 0.5) is 0 Å². The second kappa shape index (κ2) is 8.85. The highest BCUT2D eigenvalue weighted by atomic mass is 16.7. The number of ether oxygens (including phenoxy) is 3. The predicted octanol–water partition coefficient (Wildman–Crippen LogP) is 4.85. The highest BCUT2D eigenvalue weighted by molar-refractivity contribution is 5.72. The third-order valence-corrected chi connectivity index (χ3v) is 6.59. The van der Waals surface area contributed by atoms with Crippen LogP contribution in [0.15, 0.2) is 0 Å². The molecule has 1 saturated carbocycles. The van der Waals surface area contributed by atoms with E-state index in [0.717, 1.165) is 45.3 Å². The molecule has 1 aliphatic carbocycles. The number of esters is 1. The zero-order valence-corrected chi connectivity index (χ0v) is 16.1. The second-order valence-corrected chi connectivity index (χ2v) is 8.44. The van der Waals surface area contributed by atoms with Crippen molar-refractivity contribution in [1.82, 2.24) is 0 Å². The van der Waals surface area contributed by atoms with Gasteiger partial charge in [-0.05, 0) is 37.5 Å². The van der Waals surface area contributed by atoms with E-state index in [1.807, 2.05) is 0 Å². The maximum Gasteiger partial charge on any atom is 0.306 e. The molecule has 0 bridgehead atoms. The fraction of sp³-hybridized carbons (Fsp3) is 0.952. The molecule has 25 heavy (non-hydrogen) atoms. The third-order valence-electron chi connectivity index (χ3n) is 6.59. The van der Waals surface area contributed by atoms with Gasteiger partial charge >= 0.3 is 5.97 Å². The number of unbranched alkanes of at least 4 members (excludes halogenated alkanes) is 4. The Balaban J connectivity index is 1.52. The van der Waals surface area contributed by atoms with Gasteiger partial charge in [0.25, 0.3) is 0 Å². The molecule has 0 aromatic carbocycles. The summed E-state index contributed by atoms with van der Waals surface area (Å²) in [6, 6.07) is 0. The molecule has 4 heteroatoms. The summed E-state index contributed by atoms with van der Waals surface area (Å²) >= 11 is 0. The molecule has 2 unspecified atom stereocenters. The van der Waals surface area contributed by atoms with Crippen LogP contribution < -0.4 is 0 Å². The van der Waals surface area contributed by atoms with Gasteiger partial charge in [0.1, 0.15) is 6.10 Å². The van der Waals surface area contributed by atoms with E-state index in [1.54, 1.807) is 0 Å². The van der Waals surface area contributed by atoms with Crippen molar-refractivity contribution in [1.29, 1.82) is 0 Å². The lowest BCUT2D eigenvalue weighted by atomic mass is 9.83. The van der Waals surface area contributed by atoms with Gasteiger partial charge in [-0.25, -0.2) is 0 Å². The topological polar surface area (TPSA) is 44.8 Å². The summed E-state index contributed by atoms with van der Waals surface area (Å²) in [5, 5.41) is 0. The molecular formula is C21H36O4. The largest absolute Gasteiger partial charge is 0.462 e. The van der Waals surface area contributed by atoms with Crippen LogP contribution in [0.25, 0.3) is 0 Å². The second-order valence-electron chi connectivity index (χ2n) is 8.44. The minimum atomic E-state index is -0.369. The molecule has 2 heterocycles. The predicted molar refractivity (Wildman–Crippen MR) is 97.1 cm³/mol. The number of fused-ring (bicyclic) bond motifs is 1. The van der Waals surface area contributed by atoms with Crippen LogP contribution in [0.5, 0.6) is 0 Å². The van der Waals surface area contributed by atoms with Gasteiger partial charge in [0.05, 0.1) is 19.6 Å². The van der Waals surface area contributed by atoms with Crippen LogP contribution in [-0.2, 0) is 19.0 Å². The number of hydrogen-bond donors (Lipinski definition) is 0. The number of rotatable bonds is 9. The van der Waals surface area contributed by atoms with Crippen molar-refractivity contribution >= 4 is 5.97 Å². The Labute approximate surface area is 153 Å². The van der Waals surface area contributed by atoms with Crippen molar-refractivity contribution < 1.29 is 19.0 Å². The van der Waals surface area contributed by atoms with Crippen molar-refractivity contribution in [3.8, 4) is 0 Å². The average Bonchev–Trinajstić information content (AvgIpc) is 3.09. The van der Waals surface area contributed by atoms with Crippen LogP contribution in [-0.4, -0.2) is 31.1 Å². The number of carbonyl (C=O) groups excluding carboxylic acids is 1. The standard InChI is InChI=1S/C21H36O4/c1-3-4-5-6-7-10-21(23-12-8-13-24-21)11-9-17-16(2)14-19-18(17)15-20(22)25-19/h16-19H,3-15H2,1-2H3/t16?,17-,18+,19?/m0/s1. The van der Waals surface area contributed by atoms with Crippen molar-refractivity contribution in [2.45, 2.75) is 96.4 Å². The Morgan fingerprint density at radius 1 is 1.08 bits per heavy atom. The zero-order valence-electron chi connectivity index (χ0n) is 16.1. The molecule has 0 N–H and O–H groups in total. The van der Waals surface area contributed by atoms with Crippen molar-refractivity contribution in [2.75, 3.05) is 13.2 Å². The molecule has 0 spiro atoms. The lowest BCUT2D eigenvalue weighted by molar-refractivity contribution is -0.275. The van der Waals surface area contributed by atoms with Gasteiger partial charge < -0.3 is 14.2 Å². The molecule has 0 radical (unpaired) electrons. The number of hydrogen-bond acceptors (Lipinski definition) is 4. The monoisotopic (exact) mass is 352 g/mol. The molecule has 0 amide bonds. The third kappa shape index (κ3) is 4.77. The van der Waals surface area contributed by atoms with Crippen molar-refractivity contribution in [3.63, 3.8) is 0 Å². The molecule has 4 atom stereocenters. The maximum absolute atomic E-state index is 11.6. The van der Waals surface area contributed by atoms with E-state index in [9.17, 15) is 4.79 Å². The smallest absolute Gasteiger partial charge is 0.306 e. The van der Waals surface area contributed by atoms with Crippen molar-refractivity contribution in [3.05, 3.63) is 0 Å². The quantitative estimate of drug-likeness (QED) is 0.439. The summed E-state index contributed by atoms with van der Waals surface area (Å²) in [6.07, 6.45) is 12.3. The molecular weight excluding hydrogens is 316 g/mol. The average molecular weight is 353 g/mol. The van der Waals surface area contributed by atoms with Gasteiger partial charge in [-0.2, -0.15) is 0 Å². The minimum Gasteiger partial charge on any atom is -0.462 e. The highest BCUT2D eigenvalue weighted by Gasteiger charge is 2.49. The van der Waals surface area contributed by atoms with Crippen LogP contribution in [0.1, 0.15) is 84.5 Å². The van der Waals surface area contributed by atoms with Gasteiger partial charge in [-0.15, -0.1) is 0 Å². The molecule has 3 rings (SSSR count). The van der Waals surface area contributed by atoms with Crippen molar-refractivity contribution in [2.24, 2.45) is 17.8 Å². The maximum atomic E-state index is 11.6. The molecule has 2 saturated heterocycles. The summed E-state index contributed by atoms with van der Waals surface area (Å²) in [4.78, 5) is 11.6. The SMILES string of the molecule is CCCCCCCC1(CC[C@H]2C(C)CC3OC(=O)C[C@@H]32)OCCCO1. The van der Waals surface area contributed by atoms with Gasteiger partial charge in [0.15, 0.2) is 5.79 Å². The first-order valence-electron chi connectivity index (χ1n) is 10.6. The minimum absolute atomic E-state index is 0.00250. The molecule has 0 aromatic heterocycles. The van der Waals surface area contributed by atoms with Gasteiger partial charge in [0, 0.05) is 18.8 Å². The summed E-state index contributed by atoms with van der Waals surface area (Å²) < 4.78 is 17.9. The summed E-state index contributed by atoms with van der Waals surface area (Å²) in [7, 11) is 0. The van der Waals surface area contributed by atoms with E-state index in [-0.39, 0.29) is 17.9 Å². The summed E-state index contributed by atoms with van der Waals surface area (Å²) in [5.74, 6) is 1.26. The van der Waals surface area contributed by atoms with E-state index in [0.29, 0.717) is 24.2 Å². The van der Waals surface area contributed by atoms with Crippen LogP contribution >= 0.6 is 0 Å². The highest BCUT2D eigenvalue weighted by Crippen LogP contribution is 2.48. The summed E-state index contributed by atoms with van der Waals surface area (Å²) in [6.45, 7) is 6.21. The van der Waals surface area contributed by atoms with E-state index in [2.05, 4.69) is 13.8 Å². The Bertz CT molecular complexity index is 430. The fourth-order valence-electron chi connectivity index (χ4n) is 5.16. The Hall–Kier alpha value is -0.610. The molecule has 2 aliphatic heterocycles. The molecule has 4 nitrogen and oxygen atoms in total. The first-order valence-corrected chi connectivity index (χ1v) is 10.6. The van der Waals surface area contributed by atoms with E-state index in [1.165, 1.54) is 32.1 Å². The van der Waals surface area contributed by atoms with Gasteiger partial charge in [-0.3, -0.25) is 4.79 Å². The van der Waals surface area contributed by atoms with E-state index < -0.39 is 0 Å². The fourth-order valence-corrected chi connectivity index (χ4v) is 5.16. The lowest BCUT2D eigenvalue weighted by Crippen LogP contribution is -2.41. The lowest BCUT2D eigenvalue weighted by Gasteiger charge is -2.39. The Morgan fingerprint density at radius 3 is 2.60 bits per heavy atom. The number of carbonyl (C=O) groups is 1.